The van der Waals surface area contributed by atoms with Gasteiger partial charge >= 0.3 is 0 Å². The van der Waals surface area contributed by atoms with Gasteiger partial charge in [0.05, 0.1) is 21.8 Å². The van der Waals surface area contributed by atoms with E-state index in [1.165, 1.54) is 24.4 Å². The Kier molecular flexibility index (Phi) is 9.86. The zero-order valence-corrected chi connectivity index (χ0v) is 22.8. The molecular weight excluding hydrogens is 528 g/mol. The van der Waals surface area contributed by atoms with Gasteiger partial charge < -0.3 is 10.1 Å². The number of nitrogens with one attached hydrogen (secondary N) is 2. The molecule has 0 saturated carbocycles. The summed E-state index contributed by atoms with van der Waals surface area (Å²) < 4.78 is 33.2. The summed E-state index contributed by atoms with van der Waals surface area (Å²) >= 11 is 6.28. The van der Waals surface area contributed by atoms with Crippen molar-refractivity contribution in [2.75, 3.05) is 17.5 Å². The highest BCUT2D eigenvalue weighted by Crippen LogP contribution is 2.30. The number of hydrogen-bond acceptors (Lipinski definition) is 6. The number of carbonyl (C=O) groups is 2. The Morgan fingerprint density at radius 2 is 1.66 bits per heavy atom. The van der Waals surface area contributed by atoms with Gasteiger partial charge in [-0.25, -0.2) is 13.8 Å². The molecule has 0 aliphatic carbocycles. The first-order valence-corrected chi connectivity index (χ1v) is 13.6. The van der Waals surface area contributed by atoms with Crippen LogP contribution in [0.15, 0.2) is 82.8 Å². The number of hydrogen-bond donors (Lipinski definition) is 2. The fraction of sp³-hybridized carbons (Fsp3) is 0.222. The van der Waals surface area contributed by atoms with Crippen molar-refractivity contribution in [3.05, 3.63) is 88.9 Å². The molecule has 0 bridgehead atoms. The largest absolute Gasteiger partial charge is 0.484 e. The highest BCUT2D eigenvalue weighted by atomic mass is 35.5. The molecule has 200 valence electrons. The maximum atomic E-state index is 13.4. The van der Waals surface area contributed by atoms with Gasteiger partial charge in [0.25, 0.3) is 21.8 Å². The summed E-state index contributed by atoms with van der Waals surface area (Å²) in [6.07, 6.45) is 1.40. The molecule has 0 atom stereocenters. The van der Waals surface area contributed by atoms with Crippen molar-refractivity contribution in [1.82, 2.24) is 10.7 Å². The summed E-state index contributed by atoms with van der Waals surface area (Å²) in [5.41, 5.74) is 4.08. The Bertz CT molecular complexity index is 1390. The molecule has 3 aromatic rings. The lowest BCUT2D eigenvalue weighted by Crippen LogP contribution is -2.39. The van der Waals surface area contributed by atoms with Crippen molar-refractivity contribution >= 4 is 45.3 Å². The van der Waals surface area contributed by atoms with E-state index in [0.717, 1.165) is 9.87 Å². The number of halogens is 1. The molecular formula is C27H29ClN4O5S. The average molecular weight is 557 g/mol. The fourth-order valence-corrected chi connectivity index (χ4v) is 5.03. The van der Waals surface area contributed by atoms with Crippen LogP contribution in [0.25, 0.3) is 0 Å². The standard InChI is InChI=1S/C27H29ClN4O5S/c1-19(2)30-27(34)18-37-22-12-10-21(11-13-22)16-29-31-26(33)17-32(25-7-5-4-6-24(25)28)38(35,36)23-14-8-20(3)9-15-23/h4-16,19H,17-18H2,1-3H3,(H,30,34)(H,31,33)/b29-16-. The lowest BCUT2D eigenvalue weighted by atomic mass is 10.2. The van der Waals surface area contributed by atoms with E-state index in [9.17, 15) is 18.0 Å². The van der Waals surface area contributed by atoms with Crippen LogP contribution in [0.4, 0.5) is 5.69 Å². The van der Waals surface area contributed by atoms with Gasteiger partial charge in [0, 0.05) is 6.04 Å². The summed E-state index contributed by atoms with van der Waals surface area (Å²) in [7, 11) is -4.10. The highest BCUT2D eigenvalue weighted by molar-refractivity contribution is 7.92. The van der Waals surface area contributed by atoms with Crippen molar-refractivity contribution in [3.63, 3.8) is 0 Å². The number of nitrogens with zero attached hydrogens (tertiary/aromatic N) is 2. The Hall–Kier alpha value is -3.89. The first kappa shape index (κ1) is 28.7. The molecule has 38 heavy (non-hydrogen) atoms. The van der Waals surface area contributed by atoms with Gasteiger partial charge in [0.15, 0.2) is 6.61 Å². The molecule has 0 spiro atoms. The number of hydrazone groups is 1. The Morgan fingerprint density at radius 3 is 2.29 bits per heavy atom. The van der Waals surface area contributed by atoms with Gasteiger partial charge in [-0.05, 0) is 74.9 Å². The lowest BCUT2D eigenvalue weighted by molar-refractivity contribution is -0.123. The number of anilines is 1. The minimum Gasteiger partial charge on any atom is -0.484 e. The summed E-state index contributed by atoms with van der Waals surface area (Å²) in [4.78, 5) is 24.4. The van der Waals surface area contributed by atoms with Crippen LogP contribution in [0.2, 0.25) is 5.02 Å². The van der Waals surface area contributed by atoms with Crippen LogP contribution in [0.5, 0.6) is 5.75 Å². The third kappa shape index (κ3) is 8.06. The zero-order chi connectivity index (χ0) is 27.7. The minimum absolute atomic E-state index is 0.0272. The second kappa shape index (κ2) is 13.1. The molecule has 0 aliphatic rings. The molecule has 0 radical (unpaired) electrons. The molecule has 0 heterocycles. The second-order valence-corrected chi connectivity index (χ2v) is 10.9. The van der Waals surface area contributed by atoms with Crippen LogP contribution in [0, 0.1) is 6.92 Å². The van der Waals surface area contributed by atoms with Gasteiger partial charge in [0.1, 0.15) is 12.3 Å². The molecule has 9 nitrogen and oxygen atoms in total. The monoisotopic (exact) mass is 556 g/mol. The van der Waals surface area contributed by atoms with E-state index in [1.54, 1.807) is 54.6 Å². The van der Waals surface area contributed by atoms with Crippen molar-refractivity contribution in [3.8, 4) is 5.75 Å². The summed E-state index contributed by atoms with van der Waals surface area (Å²) in [5, 5.41) is 6.85. The lowest BCUT2D eigenvalue weighted by Gasteiger charge is -2.24. The van der Waals surface area contributed by atoms with Crippen molar-refractivity contribution in [2.45, 2.75) is 31.7 Å². The fourth-order valence-electron chi connectivity index (χ4n) is 3.30. The summed E-state index contributed by atoms with van der Waals surface area (Å²) in [6.45, 7) is 4.93. The molecule has 0 fully saturated rings. The molecule has 0 aliphatic heterocycles. The Balaban J connectivity index is 1.67. The van der Waals surface area contributed by atoms with Crippen LogP contribution in [0.3, 0.4) is 0 Å². The van der Waals surface area contributed by atoms with Gasteiger partial charge in [-0.1, -0.05) is 41.4 Å². The molecule has 2 N–H and O–H groups in total. The molecule has 0 aromatic heterocycles. The second-order valence-electron chi connectivity index (χ2n) is 8.65. The quantitative estimate of drug-likeness (QED) is 0.274. The maximum absolute atomic E-state index is 13.4. The predicted molar refractivity (Wildman–Crippen MR) is 148 cm³/mol. The van der Waals surface area contributed by atoms with E-state index in [1.807, 2.05) is 20.8 Å². The van der Waals surface area contributed by atoms with Crippen molar-refractivity contribution in [1.29, 1.82) is 0 Å². The number of aryl methyl sites for hydroxylation is 1. The van der Waals surface area contributed by atoms with Gasteiger partial charge in [0.2, 0.25) is 0 Å². The van der Waals surface area contributed by atoms with E-state index < -0.39 is 22.5 Å². The Labute approximate surface area is 227 Å². The summed E-state index contributed by atoms with van der Waals surface area (Å²) in [6, 6.07) is 19.5. The van der Waals surface area contributed by atoms with Crippen LogP contribution in [-0.4, -0.2) is 45.6 Å². The normalized spacial score (nSPS) is 11.4. The topological polar surface area (TPSA) is 117 Å². The summed E-state index contributed by atoms with van der Waals surface area (Å²) in [5.74, 6) is -0.377. The number of para-hydroxylation sites is 1. The number of sulfonamides is 1. The first-order valence-electron chi connectivity index (χ1n) is 11.7. The van der Waals surface area contributed by atoms with Crippen LogP contribution in [0.1, 0.15) is 25.0 Å². The van der Waals surface area contributed by atoms with Gasteiger partial charge in [-0.15, -0.1) is 0 Å². The molecule has 0 unspecified atom stereocenters. The smallest absolute Gasteiger partial charge is 0.264 e. The molecule has 3 aromatic carbocycles. The van der Waals surface area contributed by atoms with E-state index in [0.29, 0.717) is 11.3 Å². The molecule has 3 rings (SSSR count). The number of rotatable bonds is 11. The van der Waals surface area contributed by atoms with Crippen LogP contribution < -0.4 is 19.8 Å². The molecule has 0 saturated heterocycles. The average Bonchev–Trinajstić information content (AvgIpc) is 2.87. The SMILES string of the molecule is Cc1ccc(S(=O)(=O)N(CC(=O)N/N=C\c2ccc(OCC(=O)NC(C)C)cc2)c2ccccc2Cl)cc1. The third-order valence-electron chi connectivity index (χ3n) is 5.12. The Morgan fingerprint density at radius 1 is 1.00 bits per heavy atom. The van der Waals surface area contributed by atoms with Gasteiger partial charge in [-0.2, -0.15) is 5.10 Å². The number of amides is 2. The van der Waals surface area contributed by atoms with E-state index in [-0.39, 0.29) is 34.2 Å². The van der Waals surface area contributed by atoms with E-state index >= 15 is 0 Å². The predicted octanol–water partition coefficient (Wildman–Crippen LogP) is 3.90. The van der Waals surface area contributed by atoms with Crippen molar-refractivity contribution in [2.24, 2.45) is 5.10 Å². The highest BCUT2D eigenvalue weighted by Gasteiger charge is 2.28. The minimum atomic E-state index is -4.10. The van der Waals surface area contributed by atoms with Gasteiger partial charge in [-0.3, -0.25) is 13.9 Å². The third-order valence-corrected chi connectivity index (χ3v) is 7.21. The maximum Gasteiger partial charge on any atom is 0.264 e. The molecule has 11 heteroatoms. The number of ether oxygens (including phenoxy) is 1. The number of benzene rings is 3. The molecule has 2 amide bonds. The van der Waals surface area contributed by atoms with Crippen molar-refractivity contribution < 1.29 is 22.7 Å². The van der Waals surface area contributed by atoms with Crippen LogP contribution in [-0.2, 0) is 19.6 Å². The number of carbonyl (C=O) groups excluding carboxylic acids is 2. The zero-order valence-electron chi connectivity index (χ0n) is 21.2. The van der Waals surface area contributed by atoms with E-state index in [2.05, 4.69) is 15.8 Å². The van der Waals surface area contributed by atoms with E-state index in [4.69, 9.17) is 16.3 Å². The first-order chi connectivity index (χ1) is 18.1. The van der Waals surface area contributed by atoms with Crippen LogP contribution >= 0.6 is 11.6 Å².